The first-order valence-electron chi connectivity index (χ1n) is 4.28. The Balaban J connectivity index is 2.28. The van der Waals surface area contributed by atoms with Crippen molar-refractivity contribution in [1.82, 2.24) is 5.32 Å². The van der Waals surface area contributed by atoms with E-state index in [4.69, 9.17) is 0 Å². The first kappa shape index (κ1) is 10.7. The Kier molecular flexibility index (Phi) is 3.87. The van der Waals surface area contributed by atoms with Gasteiger partial charge in [0.05, 0.1) is 12.7 Å². The Morgan fingerprint density at radius 1 is 1.62 bits per heavy atom. The minimum atomic E-state index is -0.723. The van der Waals surface area contributed by atoms with E-state index in [0.29, 0.717) is 6.54 Å². The van der Waals surface area contributed by atoms with Crippen LogP contribution in [-0.4, -0.2) is 42.0 Å². The van der Waals surface area contributed by atoms with Crippen LogP contribution in [-0.2, 0) is 4.74 Å². The van der Waals surface area contributed by atoms with E-state index >= 15 is 0 Å². The number of methoxy groups -OCH3 is 1. The highest BCUT2D eigenvalue weighted by molar-refractivity contribution is 7.99. The summed E-state index contributed by atoms with van der Waals surface area (Å²) in [5.74, 6) is 1.92. The summed E-state index contributed by atoms with van der Waals surface area (Å²) < 4.78 is 4.42. The lowest BCUT2D eigenvalue weighted by Crippen LogP contribution is -2.45. The number of carbonyl (C=O) groups excluding carboxylic acids is 1. The van der Waals surface area contributed by atoms with Crippen molar-refractivity contribution in [3.63, 3.8) is 0 Å². The Morgan fingerprint density at radius 3 is 2.77 bits per heavy atom. The van der Waals surface area contributed by atoms with Crippen molar-refractivity contribution in [2.24, 2.45) is 0 Å². The van der Waals surface area contributed by atoms with Crippen LogP contribution in [0.25, 0.3) is 0 Å². The third kappa shape index (κ3) is 3.44. The normalized spacial score (nSPS) is 20.8. The minimum Gasteiger partial charge on any atom is -0.453 e. The first-order chi connectivity index (χ1) is 6.16. The molecule has 0 atom stereocenters. The maximum absolute atomic E-state index is 10.7. The van der Waals surface area contributed by atoms with Crippen LogP contribution in [0.15, 0.2) is 0 Å². The number of aliphatic hydroxyl groups is 1. The second-order valence-electron chi connectivity index (χ2n) is 3.18. The molecular weight excluding hydrogens is 190 g/mol. The zero-order valence-electron chi connectivity index (χ0n) is 7.71. The molecule has 0 aliphatic carbocycles. The van der Waals surface area contributed by atoms with Crippen molar-refractivity contribution in [1.29, 1.82) is 0 Å². The van der Waals surface area contributed by atoms with Gasteiger partial charge in [-0.2, -0.15) is 11.8 Å². The van der Waals surface area contributed by atoms with Gasteiger partial charge < -0.3 is 15.2 Å². The number of ether oxygens (including phenoxy) is 1. The summed E-state index contributed by atoms with van der Waals surface area (Å²) in [6.45, 7) is 0.292. The van der Waals surface area contributed by atoms with Crippen LogP contribution in [0, 0.1) is 0 Å². The molecule has 0 radical (unpaired) electrons. The van der Waals surface area contributed by atoms with Crippen LogP contribution in [0.3, 0.4) is 0 Å². The summed E-state index contributed by atoms with van der Waals surface area (Å²) in [6.07, 6.45) is 0.996. The predicted octanol–water partition coefficient (Wildman–Crippen LogP) is 0.600. The smallest absolute Gasteiger partial charge is 0.406 e. The maximum atomic E-state index is 10.7. The quantitative estimate of drug-likeness (QED) is 0.693. The molecule has 0 unspecified atom stereocenters. The molecule has 1 aliphatic rings. The Labute approximate surface area is 82.0 Å². The fourth-order valence-electron chi connectivity index (χ4n) is 1.24. The van der Waals surface area contributed by atoms with Gasteiger partial charge in [0, 0.05) is 6.54 Å². The standard InChI is InChI=1S/C8H15NO3S/c1-12-7(10)9-6-8(11)2-4-13-5-3-8/h11H,2-6H2,1H3,(H,9,10). The summed E-state index contributed by atoms with van der Waals surface area (Å²) in [5.41, 5.74) is -0.723. The zero-order chi connectivity index (χ0) is 9.73. The molecule has 4 nitrogen and oxygen atoms in total. The number of hydrogen-bond donors (Lipinski definition) is 2. The third-order valence-electron chi connectivity index (χ3n) is 2.17. The van der Waals surface area contributed by atoms with E-state index in [2.05, 4.69) is 10.1 Å². The van der Waals surface area contributed by atoms with Gasteiger partial charge in [-0.15, -0.1) is 0 Å². The molecule has 1 amide bonds. The van der Waals surface area contributed by atoms with Crippen LogP contribution in [0.1, 0.15) is 12.8 Å². The monoisotopic (exact) mass is 205 g/mol. The molecule has 1 heterocycles. The topological polar surface area (TPSA) is 58.6 Å². The lowest BCUT2D eigenvalue weighted by atomic mass is 9.97. The number of amides is 1. The Hall–Kier alpha value is -0.420. The highest BCUT2D eigenvalue weighted by Gasteiger charge is 2.29. The van der Waals surface area contributed by atoms with E-state index < -0.39 is 11.7 Å². The van der Waals surface area contributed by atoms with Gasteiger partial charge in [-0.25, -0.2) is 4.79 Å². The zero-order valence-corrected chi connectivity index (χ0v) is 8.52. The number of thioether (sulfide) groups is 1. The van der Waals surface area contributed by atoms with Crippen molar-refractivity contribution in [3.05, 3.63) is 0 Å². The lowest BCUT2D eigenvalue weighted by Gasteiger charge is -2.31. The molecule has 1 rings (SSSR count). The SMILES string of the molecule is COC(=O)NCC1(O)CCSCC1. The maximum Gasteiger partial charge on any atom is 0.406 e. The number of alkyl carbamates (subject to hydrolysis) is 1. The van der Waals surface area contributed by atoms with E-state index in [0.717, 1.165) is 24.3 Å². The summed E-state index contributed by atoms with van der Waals surface area (Å²) in [4.78, 5) is 10.7. The van der Waals surface area contributed by atoms with Crippen LogP contribution in [0.2, 0.25) is 0 Å². The molecule has 13 heavy (non-hydrogen) atoms. The van der Waals surface area contributed by atoms with E-state index in [9.17, 15) is 9.90 Å². The molecule has 1 aliphatic heterocycles. The van der Waals surface area contributed by atoms with Crippen molar-refractivity contribution < 1.29 is 14.6 Å². The Bertz CT molecular complexity index is 180. The van der Waals surface area contributed by atoms with Crippen LogP contribution in [0.5, 0.6) is 0 Å². The second kappa shape index (κ2) is 4.72. The van der Waals surface area contributed by atoms with Crippen molar-refractivity contribution in [2.45, 2.75) is 18.4 Å². The molecule has 0 bridgehead atoms. The molecule has 0 aromatic heterocycles. The summed E-state index contributed by atoms with van der Waals surface area (Å²) in [6, 6.07) is 0. The highest BCUT2D eigenvalue weighted by atomic mass is 32.2. The molecule has 1 saturated heterocycles. The van der Waals surface area contributed by atoms with Gasteiger partial charge in [-0.1, -0.05) is 0 Å². The van der Waals surface area contributed by atoms with Crippen molar-refractivity contribution >= 4 is 17.9 Å². The van der Waals surface area contributed by atoms with E-state index in [1.807, 2.05) is 11.8 Å². The summed E-state index contributed by atoms with van der Waals surface area (Å²) >= 11 is 1.83. The molecule has 0 aromatic carbocycles. The molecule has 1 fully saturated rings. The summed E-state index contributed by atoms with van der Waals surface area (Å²) in [7, 11) is 1.32. The average Bonchev–Trinajstić information content (AvgIpc) is 2.15. The van der Waals surface area contributed by atoms with Crippen LogP contribution >= 0.6 is 11.8 Å². The highest BCUT2D eigenvalue weighted by Crippen LogP contribution is 2.26. The number of nitrogens with one attached hydrogen (secondary N) is 1. The minimum absolute atomic E-state index is 0.292. The molecule has 0 saturated carbocycles. The van der Waals surface area contributed by atoms with Crippen molar-refractivity contribution in [2.75, 3.05) is 25.2 Å². The predicted molar refractivity (Wildman–Crippen MR) is 51.9 cm³/mol. The second-order valence-corrected chi connectivity index (χ2v) is 4.41. The molecule has 0 aromatic rings. The van der Waals surface area contributed by atoms with Crippen LogP contribution in [0.4, 0.5) is 4.79 Å². The molecule has 76 valence electrons. The number of carbonyl (C=O) groups is 1. The number of rotatable bonds is 2. The fourth-order valence-corrected chi connectivity index (χ4v) is 2.49. The first-order valence-corrected chi connectivity index (χ1v) is 5.44. The lowest BCUT2D eigenvalue weighted by molar-refractivity contribution is 0.0317. The summed E-state index contributed by atoms with van der Waals surface area (Å²) in [5, 5.41) is 12.5. The van der Waals surface area contributed by atoms with Gasteiger partial charge in [-0.3, -0.25) is 0 Å². The van der Waals surface area contributed by atoms with E-state index in [1.165, 1.54) is 7.11 Å². The van der Waals surface area contributed by atoms with Gasteiger partial charge in [0.1, 0.15) is 0 Å². The fraction of sp³-hybridized carbons (Fsp3) is 0.875. The van der Waals surface area contributed by atoms with Gasteiger partial charge >= 0.3 is 6.09 Å². The van der Waals surface area contributed by atoms with Gasteiger partial charge in [0.25, 0.3) is 0 Å². The Morgan fingerprint density at radius 2 is 2.23 bits per heavy atom. The molecule has 0 spiro atoms. The van der Waals surface area contributed by atoms with Crippen LogP contribution < -0.4 is 5.32 Å². The van der Waals surface area contributed by atoms with Gasteiger partial charge in [0.15, 0.2) is 0 Å². The molecular formula is C8H15NO3S. The molecule has 2 N–H and O–H groups in total. The van der Waals surface area contributed by atoms with Crippen molar-refractivity contribution in [3.8, 4) is 0 Å². The van der Waals surface area contributed by atoms with Gasteiger partial charge in [-0.05, 0) is 24.3 Å². The van der Waals surface area contributed by atoms with E-state index in [-0.39, 0.29) is 0 Å². The number of hydrogen-bond acceptors (Lipinski definition) is 4. The third-order valence-corrected chi connectivity index (χ3v) is 3.16. The largest absolute Gasteiger partial charge is 0.453 e. The molecule has 5 heteroatoms. The van der Waals surface area contributed by atoms with E-state index in [1.54, 1.807) is 0 Å². The average molecular weight is 205 g/mol. The van der Waals surface area contributed by atoms with Gasteiger partial charge in [0.2, 0.25) is 0 Å².